The summed E-state index contributed by atoms with van der Waals surface area (Å²) in [5, 5.41) is 38.3. The summed E-state index contributed by atoms with van der Waals surface area (Å²) in [6.45, 7) is 11.8. The van der Waals surface area contributed by atoms with Gasteiger partial charge in [0.1, 0.15) is 11.9 Å². The molecule has 0 bridgehead atoms. The van der Waals surface area contributed by atoms with E-state index in [1.165, 1.54) is 18.2 Å². The van der Waals surface area contributed by atoms with E-state index < -0.39 is 0 Å². The van der Waals surface area contributed by atoms with E-state index in [1.807, 2.05) is 0 Å². The second-order valence-corrected chi connectivity index (χ2v) is 9.57. The van der Waals surface area contributed by atoms with Crippen molar-refractivity contribution >= 4 is 22.9 Å². The topological polar surface area (TPSA) is 139 Å². The Hall–Kier alpha value is -2.93. The number of nitrogens with one attached hydrogen (secondary N) is 4. The molecule has 0 unspecified atom stereocenters. The van der Waals surface area contributed by atoms with Crippen molar-refractivity contribution in [2.24, 2.45) is 5.73 Å². The van der Waals surface area contributed by atoms with Crippen molar-refractivity contribution in [1.29, 1.82) is 16.2 Å². The lowest BCUT2D eigenvalue weighted by molar-refractivity contribution is 0.0485. The minimum Gasteiger partial charge on any atom is -0.507 e. The average Bonchev–Trinajstić information content (AvgIpc) is 2.56. The Labute approximate surface area is 184 Å². The zero-order valence-electron chi connectivity index (χ0n) is 19.3. The molecule has 1 saturated heterocycles. The Balaban J connectivity index is 2.10. The fourth-order valence-corrected chi connectivity index (χ4v) is 4.43. The van der Waals surface area contributed by atoms with Gasteiger partial charge in [-0.2, -0.15) is 0 Å². The Bertz CT molecular complexity index is 937. The molecule has 7 nitrogen and oxygen atoms in total. The number of piperidine rings is 1. The highest BCUT2D eigenvalue weighted by Crippen LogP contribution is 2.30. The summed E-state index contributed by atoms with van der Waals surface area (Å²) in [5.74, 6) is -0.0933. The van der Waals surface area contributed by atoms with E-state index in [4.69, 9.17) is 26.7 Å². The maximum absolute atomic E-state index is 10.4. The standard InChI is InChI=1S/C24H35N5O2/c1-14(25)22(15(2)26)16-7-8-18(20(30)11-16)19(27)9-10-21(28)31-17-12-23(3,4)29-24(5,6)13-17/h7-11,17,25,27-30H,12-13,26H2,1-6H3/b10-9-,22-15?,25-14?,27-19?,28-21?. The second-order valence-electron chi connectivity index (χ2n) is 9.57. The summed E-state index contributed by atoms with van der Waals surface area (Å²) in [6.07, 6.45) is 4.37. The molecule has 0 saturated carbocycles. The van der Waals surface area contributed by atoms with Gasteiger partial charge in [-0.3, -0.25) is 5.41 Å². The zero-order valence-corrected chi connectivity index (χ0v) is 19.3. The van der Waals surface area contributed by atoms with Gasteiger partial charge in [-0.05, 0) is 65.3 Å². The molecule has 0 aliphatic carbocycles. The third-order valence-electron chi connectivity index (χ3n) is 5.19. The molecule has 7 heteroatoms. The van der Waals surface area contributed by atoms with Crippen molar-refractivity contribution in [3.05, 3.63) is 47.2 Å². The highest BCUT2D eigenvalue weighted by atomic mass is 16.5. The number of allylic oxidation sites excluding steroid dienone is 3. The predicted molar refractivity (Wildman–Crippen MR) is 127 cm³/mol. The molecule has 1 aliphatic heterocycles. The normalized spacial score (nSPS) is 19.0. The number of aromatic hydroxyl groups is 1. The highest BCUT2D eigenvalue weighted by Gasteiger charge is 2.38. The summed E-state index contributed by atoms with van der Waals surface area (Å²) in [6, 6.07) is 4.84. The zero-order chi connectivity index (χ0) is 23.6. The van der Waals surface area contributed by atoms with Gasteiger partial charge in [0.15, 0.2) is 0 Å². The Morgan fingerprint density at radius 1 is 1.10 bits per heavy atom. The van der Waals surface area contributed by atoms with Gasteiger partial charge >= 0.3 is 0 Å². The quantitative estimate of drug-likeness (QED) is 0.298. The summed E-state index contributed by atoms with van der Waals surface area (Å²) in [4.78, 5) is 0. The molecule has 1 aliphatic rings. The van der Waals surface area contributed by atoms with Crippen LogP contribution in [0.15, 0.2) is 36.0 Å². The minimum atomic E-state index is -0.0839. The lowest BCUT2D eigenvalue weighted by Crippen LogP contribution is -2.59. The predicted octanol–water partition coefficient (Wildman–Crippen LogP) is 4.35. The largest absolute Gasteiger partial charge is 0.507 e. The SMILES string of the molecule is CC(=N)C(=C(C)N)c1ccc(C(=N)/C=C\C(=N)OC2CC(C)(C)NC(C)(C)C2)c(O)c1. The van der Waals surface area contributed by atoms with Crippen LogP contribution >= 0.6 is 0 Å². The van der Waals surface area contributed by atoms with Crippen LogP contribution in [0.1, 0.15) is 65.5 Å². The third-order valence-corrected chi connectivity index (χ3v) is 5.19. The van der Waals surface area contributed by atoms with E-state index in [0.717, 1.165) is 12.8 Å². The lowest BCUT2D eigenvalue weighted by atomic mass is 9.81. The van der Waals surface area contributed by atoms with Gasteiger partial charge in [0.2, 0.25) is 5.90 Å². The molecule has 0 spiro atoms. The molecule has 1 aromatic carbocycles. The maximum Gasteiger partial charge on any atom is 0.206 e. The van der Waals surface area contributed by atoms with Crippen LogP contribution in [-0.2, 0) is 4.74 Å². The van der Waals surface area contributed by atoms with E-state index in [0.29, 0.717) is 28.1 Å². The van der Waals surface area contributed by atoms with Crippen molar-refractivity contribution in [1.82, 2.24) is 5.32 Å². The molecule has 1 fully saturated rings. The van der Waals surface area contributed by atoms with Crippen molar-refractivity contribution < 1.29 is 9.84 Å². The van der Waals surface area contributed by atoms with Crippen molar-refractivity contribution in [3.63, 3.8) is 0 Å². The van der Waals surface area contributed by atoms with Gasteiger partial charge in [-0.25, -0.2) is 0 Å². The van der Waals surface area contributed by atoms with Gasteiger partial charge in [0, 0.05) is 52.5 Å². The molecule has 0 aromatic heterocycles. The van der Waals surface area contributed by atoms with Crippen LogP contribution in [-0.4, -0.2) is 39.6 Å². The average molecular weight is 426 g/mol. The molecule has 0 amide bonds. The Morgan fingerprint density at radius 3 is 2.16 bits per heavy atom. The van der Waals surface area contributed by atoms with Crippen LogP contribution in [0.4, 0.5) is 0 Å². The van der Waals surface area contributed by atoms with E-state index in [2.05, 4.69) is 33.0 Å². The maximum atomic E-state index is 10.4. The van der Waals surface area contributed by atoms with Gasteiger partial charge in [0.25, 0.3) is 0 Å². The molecular formula is C24H35N5O2. The second kappa shape index (κ2) is 9.06. The number of phenolic OH excluding ortho intramolecular Hbond substituents is 1. The molecule has 1 heterocycles. The van der Waals surface area contributed by atoms with Crippen molar-refractivity contribution in [3.8, 4) is 5.75 Å². The van der Waals surface area contributed by atoms with Gasteiger partial charge in [-0.15, -0.1) is 0 Å². The summed E-state index contributed by atoms with van der Waals surface area (Å²) >= 11 is 0. The smallest absolute Gasteiger partial charge is 0.206 e. The van der Waals surface area contributed by atoms with Crippen LogP contribution in [0.2, 0.25) is 0 Å². The monoisotopic (exact) mass is 425 g/mol. The van der Waals surface area contributed by atoms with E-state index in [-0.39, 0.29) is 34.5 Å². The fraction of sp³-hybridized carbons (Fsp3) is 0.458. The first-order valence-corrected chi connectivity index (χ1v) is 10.4. The van der Waals surface area contributed by atoms with Crippen LogP contribution < -0.4 is 11.1 Å². The number of rotatable bonds is 6. The molecule has 2 rings (SSSR count). The number of benzene rings is 1. The first-order chi connectivity index (χ1) is 14.2. The van der Waals surface area contributed by atoms with Crippen LogP contribution in [0.5, 0.6) is 5.75 Å². The molecule has 31 heavy (non-hydrogen) atoms. The summed E-state index contributed by atoms with van der Waals surface area (Å²) in [5.41, 5.74) is 8.07. The first kappa shape index (κ1) is 24.3. The molecule has 7 N–H and O–H groups in total. The molecule has 0 radical (unpaired) electrons. The fourth-order valence-electron chi connectivity index (χ4n) is 4.43. The van der Waals surface area contributed by atoms with Gasteiger partial charge in [0.05, 0.1) is 5.71 Å². The Morgan fingerprint density at radius 2 is 1.68 bits per heavy atom. The first-order valence-electron chi connectivity index (χ1n) is 10.4. The van der Waals surface area contributed by atoms with Crippen LogP contribution in [0.3, 0.4) is 0 Å². The number of hydrogen-bond donors (Lipinski definition) is 6. The Kier molecular flexibility index (Phi) is 7.11. The van der Waals surface area contributed by atoms with Crippen molar-refractivity contribution in [2.75, 3.05) is 0 Å². The van der Waals surface area contributed by atoms with E-state index >= 15 is 0 Å². The number of nitrogens with two attached hydrogens (primary N) is 1. The third kappa shape index (κ3) is 6.52. The number of hydrogen-bond acceptors (Lipinski definition) is 7. The van der Waals surface area contributed by atoms with Gasteiger partial charge < -0.3 is 31.7 Å². The lowest BCUT2D eigenvalue weighted by Gasteiger charge is -2.46. The van der Waals surface area contributed by atoms with E-state index in [1.54, 1.807) is 26.0 Å². The molecular weight excluding hydrogens is 390 g/mol. The highest BCUT2D eigenvalue weighted by molar-refractivity contribution is 6.22. The molecule has 168 valence electrons. The number of ether oxygens (including phenoxy) is 1. The minimum absolute atomic E-state index is 0.0113. The summed E-state index contributed by atoms with van der Waals surface area (Å²) < 4.78 is 5.84. The molecule has 0 atom stereocenters. The summed E-state index contributed by atoms with van der Waals surface area (Å²) in [7, 11) is 0. The van der Waals surface area contributed by atoms with Gasteiger partial charge in [-0.1, -0.05) is 6.07 Å². The van der Waals surface area contributed by atoms with Crippen LogP contribution in [0.25, 0.3) is 5.57 Å². The molecule has 1 aromatic rings. The van der Waals surface area contributed by atoms with E-state index in [9.17, 15) is 5.11 Å². The van der Waals surface area contributed by atoms with Crippen molar-refractivity contribution in [2.45, 2.75) is 71.6 Å². The van der Waals surface area contributed by atoms with Crippen LogP contribution in [0, 0.1) is 16.2 Å². The number of phenols is 1.